The maximum atomic E-state index is 12.3. The van der Waals surface area contributed by atoms with Crippen molar-refractivity contribution in [1.29, 1.82) is 0 Å². The smallest absolute Gasteiger partial charge is 0.270 e. The fraction of sp³-hybridized carbons (Fsp3) is 0.538. The molecule has 1 saturated heterocycles. The monoisotopic (exact) mass is 265 g/mol. The maximum Gasteiger partial charge on any atom is 0.270 e. The highest BCUT2D eigenvalue weighted by Gasteiger charge is 2.27. The van der Waals surface area contributed by atoms with Gasteiger partial charge in [0.25, 0.3) is 5.91 Å². The lowest BCUT2D eigenvalue weighted by atomic mass is 9.93. The summed E-state index contributed by atoms with van der Waals surface area (Å²) in [5, 5.41) is 9.62. The molecule has 2 atom stereocenters. The zero-order valence-electron chi connectivity index (χ0n) is 10.9. The van der Waals surface area contributed by atoms with E-state index in [1.807, 2.05) is 0 Å². The fourth-order valence-electron chi connectivity index (χ4n) is 2.42. The molecule has 2 amide bonds. The number of aliphatic hydroxyl groups is 1. The Kier molecular flexibility index (Phi) is 3.90. The zero-order valence-corrected chi connectivity index (χ0v) is 10.9. The summed E-state index contributed by atoms with van der Waals surface area (Å²) in [6.07, 6.45) is 2.83. The van der Waals surface area contributed by atoms with Crippen LogP contribution in [0.25, 0.3) is 0 Å². The van der Waals surface area contributed by atoms with Gasteiger partial charge in [0.1, 0.15) is 5.69 Å². The number of nitrogens with zero attached hydrogens (tertiary/aromatic N) is 1. The molecule has 2 rings (SSSR count). The third-order valence-electron chi connectivity index (χ3n) is 3.63. The Bertz CT molecular complexity index is 481. The number of aromatic nitrogens is 1. The van der Waals surface area contributed by atoms with Gasteiger partial charge >= 0.3 is 0 Å². The van der Waals surface area contributed by atoms with E-state index < -0.39 is 12.0 Å². The Labute approximate surface area is 111 Å². The van der Waals surface area contributed by atoms with Crippen LogP contribution in [-0.2, 0) is 0 Å². The zero-order chi connectivity index (χ0) is 14.0. The summed E-state index contributed by atoms with van der Waals surface area (Å²) in [4.78, 5) is 27.7. The molecule has 2 unspecified atom stereocenters. The molecule has 6 nitrogen and oxygen atoms in total. The van der Waals surface area contributed by atoms with Gasteiger partial charge in [0, 0.05) is 25.2 Å². The van der Waals surface area contributed by atoms with E-state index in [9.17, 15) is 14.7 Å². The van der Waals surface area contributed by atoms with Crippen LogP contribution in [0.1, 0.15) is 40.6 Å². The van der Waals surface area contributed by atoms with E-state index >= 15 is 0 Å². The highest BCUT2D eigenvalue weighted by Crippen LogP contribution is 2.21. The molecule has 1 aromatic heterocycles. The van der Waals surface area contributed by atoms with Gasteiger partial charge in [-0.25, -0.2) is 0 Å². The molecular formula is C13H19N3O3. The molecule has 0 spiro atoms. The molecule has 1 fully saturated rings. The number of primary amides is 1. The van der Waals surface area contributed by atoms with Crippen LogP contribution in [0.3, 0.4) is 0 Å². The molecule has 19 heavy (non-hydrogen) atoms. The van der Waals surface area contributed by atoms with Gasteiger partial charge in [-0.05, 0) is 25.8 Å². The van der Waals surface area contributed by atoms with E-state index in [2.05, 4.69) is 4.98 Å². The summed E-state index contributed by atoms with van der Waals surface area (Å²) in [6.45, 7) is 2.97. The van der Waals surface area contributed by atoms with E-state index in [0.717, 1.165) is 12.8 Å². The van der Waals surface area contributed by atoms with E-state index in [1.165, 1.54) is 12.3 Å². The number of carbonyl (C=O) groups is 2. The second-order valence-corrected chi connectivity index (χ2v) is 5.06. The number of aliphatic hydroxyl groups excluding tert-OH is 1. The molecule has 0 radical (unpaired) electrons. The number of aromatic amines is 1. The molecule has 1 aromatic rings. The quantitative estimate of drug-likeness (QED) is 0.735. The summed E-state index contributed by atoms with van der Waals surface area (Å²) < 4.78 is 0. The molecule has 0 aliphatic carbocycles. The van der Waals surface area contributed by atoms with E-state index in [4.69, 9.17) is 5.73 Å². The summed E-state index contributed by atoms with van der Waals surface area (Å²) in [5.41, 5.74) is 5.81. The lowest BCUT2D eigenvalue weighted by Gasteiger charge is -2.33. The molecular weight excluding hydrogens is 246 g/mol. The minimum absolute atomic E-state index is 0.114. The number of likely N-dealkylation sites (tertiary alicyclic amines) is 1. The van der Waals surface area contributed by atoms with Crippen LogP contribution < -0.4 is 5.73 Å². The van der Waals surface area contributed by atoms with Crippen LogP contribution in [0, 0.1) is 5.92 Å². The van der Waals surface area contributed by atoms with Crippen LogP contribution in [0.15, 0.2) is 12.3 Å². The first-order valence-electron chi connectivity index (χ1n) is 6.44. The molecule has 6 heteroatoms. The molecule has 4 N–H and O–H groups in total. The Balaban J connectivity index is 2.08. The van der Waals surface area contributed by atoms with Crippen LogP contribution >= 0.6 is 0 Å². The Morgan fingerprint density at radius 2 is 2.32 bits per heavy atom. The third-order valence-corrected chi connectivity index (χ3v) is 3.63. The highest BCUT2D eigenvalue weighted by molar-refractivity contribution is 5.98. The predicted octanol–water partition coefficient (Wildman–Crippen LogP) is 0.347. The fourth-order valence-corrected chi connectivity index (χ4v) is 2.42. The number of nitrogens with one attached hydrogen (secondary N) is 1. The van der Waals surface area contributed by atoms with Gasteiger partial charge in [0.15, 0.2) is 0 Å². The summed E-state index contributed by atoms with van der Waals surface area (Å²) >= 11 is 0. The van der Waals surface area contributed by atoms with Gasteiger partial charge < -0.3 is 20.7 Å². The molecule has 0 bridgehead atoms. The largest absolute Gasteiger partial charge is 0.393 e. The second kappa shape index (κ2) is 5.44. The minimum atomic E-state index is -0.559. The van der Waals surface area contributed by atoms with Gasteiger partial charge in [-0.1, -0.05) is 0 Å². The number of hydrogen-bond acceptors (Lipinski definition) is 3. The van der Waals surface area contributed by atoms with E-state index in [-0.39, 0.29) is 11.8 Å². The SMILES string of the molecule is CC(O)C1CCCN(C(=O)c2cc(C(N)=O)c[nH]2)C1. The first kappa shape index (κ1) is 13.6. The predicted molar refractivity (Wildman–Crippen MR) is 69.6 cm³/mol. The van der Waals surface area contributed by atoms with Crippen LogP contribution in [-0.4, -0.2) is 46.0 Å². The van der Waals surface area contributed by atoms with Gasteiger partial charge in [0.05, 0.1) is 11.7 Å². The first-order chi connectivity index (χ1) is 8.99. The van der Waals surface area contributed by atoms with E-state index in [0.29, 0.717) is 24.3 Å². The van der Waals surface area contributed by atoms with E-state index in [1.54, 1.807) is 11.8 Å². The Morgan fingerprint density at radius 3 is 2.89 bits per heavy atom. The lowest BCUT2D eigenvalue weighted by Crippen LogP contribution is -2.43. The average Bonchev–Trinajstić information content (AvgIpc) is 2.87. The van der Waals surface area contributed by atoms with Crippen molar-refractivity contribution in [3.05, 3.63) is 23.5 Å². The number of nitrogens with two attached hydrogens (primary N) is 1. The lowest BCUT2D eigenvalue weighted by molar-refractivity contribution is 0.0462. The summed E-state index contributed by atoms with van der Waals surface area (Å²) in [7, 11) is 0. The van der Waals surface area contributed by atoms with Gasteiger partial charge in [0.2, 0.25) is 5.91 Å². The minimum Gasteiger partial charge on any atom is -0.393 e. The molecule has 0 saturated carbocycles. The Morgan fingerprint density at radius 1 is 1.58 bits per heavy atom. The number of rotatable bonds is 3. The molecule has 0 aromatic carbocycles. The van der Waals surface area contributed by atoms with Crippen molar-refractivity contribution in [2.24, 2.45) is 11.7 Å². The van der Waals surface area contributed by atoms with Crippen LogP contribution in [0.2, 0.25) is 0 Å². The third kappa shape index (κ3) is 2.96. The van der Waals surface area contributed by atoms with Crippen molar-refractivity contribution < 1.29 is 14.7 Å². The first-order valence-corrected chi connectivity index (χ1v) is 6.44. The number of hydrogen-bond donors (Lipinski definition) is 3. The molecule has 2 heterocycles. The number of piperidine rings is 1. The van der Waals surface area contributed by atoms with Gasteiger partial charge in [-0.15, -0.1) is 0 Å². The number of carbonyl (C=O) groups excluding carboxylic acids is 2. The van der Waals surface area contributed by atoms with Crippen molar-refractivity contribution in [1.82, 2.24) is 9.88 Å². The second-order valence-electron chi connectivity index (χ2n) is 5.06. The van der Waals surface area contributed by atoms with Crippen LogP contribution in [0.4, 0.5) is 0 Å². The highest BCUT2D eigenvalue weighted by atomic mass is 16.3. The van der Waals surface area contributed by atoms with Crippen molar-refractivity contribution in [2.45, 2.75) is 25.9 Å². The summed E-state index contributed by atoms with van der Waals surface area (Å²) in [6, 6.07) is 1.47. The molecule has 1 aliphatic heterocycles. The van der Waals surface area contributed by atoms with Crippen molar-refractivity contribution in [3.63, 3.8) is 0 Å². The average molecular weight is 265 g/mol. The van der Waals surface area contributed by atoms with Crippen molar-refractivity contribution in [2.75, 3.05) is 13.1 Å². The normalized spacial score (nSPS) is 21.2. The van der Waals surface area contributed by atoms with Crippen LogP contribution in [0.5, 0.6) is 0 Å². The number of H-pyrrole nitrogens is 1. The standard InChI is InChI=1S/C13H19N3O3/c1-8(17)9-3-2-4-16(7-9)13(19)11-5-10(6-15-11)12(14)18/h5-6,8-9,15,17H,2-4,7H2,1H3,(H2,14,18). The molecule has 1 aliphatic rings. The van der Waals surface area contributed by atoms with Crippen molar-refractivity contribution in [3.8, 4) is 0 Å². The van der Waals surface area contributed by atoms with Crippen molar-refractivity contribution >= 4 is 11.8 Å². The molecule has 104 valence electrons. The number of amides is 2. The maximum absolute atomic E-state index is 12.3. The summed E-state index contributed by atoms with van der Waals surface area (Å²) in [5.74, 6) is -0.600. The topological polar surface area (TPSA) is 99.4 Å². The van der Waals surface area contributed by atoms with Gasteiger partial charge in [-0.3, -0.25) is 9.59 Å². The van der Waals surface area contributed by atoms with Gasteiger partial charge in [-0.2, -0.15) is 0 Å². The Hall–Kier alpha value is -1.82.